The average Bonchev–Trinajstić information content (AvgIpc) is 3.01. The first kappa shape index (κ1) is 12.2. The highest BCUT2D eigenvalue weighted by Gasteiger charge is 2.33. The SMILES string of the molecule is Cc1cc(C(C)(O)CNC(=O)C2CC2)c(C)o1. The molecular weight excluding hydrogens is 218 g/mol. The van der Waals surface area contributed by atoms with Crippen molar-refractivity contribution in [1.82, 2.24) is 5.32 Å². The Morgan fingerprint density at radius 3 is 2.71 bits per heavy atom. The number of aliphatic hydroxyl groups is 1. The van der Waals surface area contributed by atoms with Gasteiger partial charge in [-0.25, -0.2) is 0 Å². The molecule has 1 unspecified atom stereocenters. The number of aryl methyl sites for hydroxylation is 2. The van der Waals surface area contributed by atoms with Crippen LogP contribution in [0.15, 0.2) is 10.5 Å². The van der Waals surface area contributed by atoms with Gasteiger partial charge in [0.05, 0.1) is 6.54 Å². The molecule has 0 bridgehead atoms. The molecule has 0 aliphatic heterocycles. The van der Waals surface area contributed by atoms with Crippen LogP contribution in [-0.4, -0.2) is 17.6 Å². The molecule has 17 heavy (non-hydrogen) atoms. The average molecular weight is 237 g/mol. The van der Waals surface area contributed by atoms with Crippen LogP contribution in [0.25, 0.3) is 0 Å². The fourth-order valence-electron chi connectivity index (χ4n) is 2.01. The van der Waals surface area contributed by atoms with Crippen LogP contribution in [-0.2, 0) is 10.4 Å². The van der Waals surface area contributed by atoms with Crippen molar-refractivity contribution in [2.24, 2.45) is 5.92 Å². The Bertz CT molecular complexity index is 430. The number of hydrogen-bond donors (Lipinski definition) is 2. The molecule has 1 heterocycles. The van der Waals surface area contributed by atoms with Gasteiger partial charge in [0.1, 0.15) is 17.1 Å². The van der Waals surface area contributed by atoms with Crippen molar-refractivity contribution in [3.05, 3.63) is 23.2 Å². The maximum Gasteiger partial charge on any atom is 0.223 e. The monoisotopic (exact) mass is 237 g/mol. The highest BCUT2D eigenvalue weighted by molar-refractivity contribution is 5.80. The minimum atomic E-state index is -1.08. The minimum Gasteiger partial charge on any atom is -0.466 e. The van der Waals surface area contributed by atoms with Gasteiger partial charge in [-0.2, -0.15) is 0 Å². The van der Waals surface area contributed by atoms with Crippen LogP contribution >= 0.6 is 0 Å². The molecule has 1 aliphatic rings. The van der Waals surface area contributed by atoms with E-state index in [4.69, 9.17) is 4.42 Å². The predicted molar refractivity (Wildman–Crippen MR) is 63.5 cm³/mol. The van der Waals surface area contributed by atoms with Crippen LogP contribution in [0.3, 0.4) is 0 Å². The minimum absolute atomic E-state index is 0.0446. The lowest BCUT2D eigenvalue weighted by Crippen LogP contribution is -2.39. The van der Waals surface area contributed by atoms with E-state index in [1.54, 1.807) is 6.92 Å². The van der Waals surface area contributed by atoms with Gasteiger partial charge in [-0.15, -0.1) is 0 Å². The van der Waals surface area contributed by atoms with Crippen molar-refractivity contribution in [1.29, 1.82) is 0 Å². The van der Waals surface area contributed by atoms with E-state index in [2.05, 4.69) is 5.32 Å². The molecule has 1 aromatic rings. The van der Waals surface area contributed by atoms with Crippen molar-refractivity contribution in [2.45, 2.75) is 39.2 Å². The molecule has 1 aromatic heterocycles. The lowest BCUT2D eigenvalue weighted by atomic mass is 9.96. The Morgan fingerprint density at radius 1 is 1.59 bits per heavy atom. The zero-order chi connectivity index (χ0) is 12.6. The molecule has 94 valence electrons. The third-order valence-electron chi connectivity index (χ3n) is 3.18. The standard InChI is InChI=1S/C13H19NO3/c1-8-6-11(9(2)17-8)13(3,16)7-14-12(15)10-4-5-10/h6,10,16H,4-5,7H2,1-3H3,(H,14,15). The van der Waals surface area contributed by atoms with E-state index >= 15 is 0 Å². The van der Waals surface area contributed by atoms with Crippen molar-refractivity contribution >= 4 is 5.91 Å². The number of amides is 1. The van der Waals surface area contributed by atoms with Crippen LogP contribution in [0.1, 0.15) is 36.8 Å². The summed E-state index contributed by atoms with van der Waals surface area (Å²) in [6.45, 7) is 5.58. The van der Waals surface area contributed by atoms with Crippen molar-refractivity contribution in [3.8, 4) is 0 Å². The molecule has 1 fully saturated rings. The second-order valence-electron chi connectivity index (χ2n) is 5.09. The second-order valence-corrected chi connectivity index (χ2v) is 5.09. The summed E-state index contributed by atoms with van der Waals surface area (Å²) in [5.41, 5.74) is -0.335. The molecule has 1 amide bonds. The van der Waals surface area contributed by atoms with Gasteiger partial charge in [-0.05, 0) is 39.7 Å². The number of carbonyl (C=O) groups excluding carboxylic acids is 1. The first-order valence-corrected chi connectivity index (χ1v) is 5.98. The van der Waals surface area contributed by atoms with Gasteiger partial charge < -0.3 is 14.8 Å². The van der Waals surface area contributed by atoms with Gasteiger partial charge in [-0.3, -0.25) is 4.79 Å². The van der Waals surface area contributed by atoms with E-state index in [0.717, 1.165) is 24.2 Å². The summed E-state index contributed by atoms with van der Waals surface area (Å²) in [7, 11) is 0. The molecule has 1 aliphatic carbocycles. The van der Waals surface area contributed by atoms with Gasteiger partial charge >= 0.3 is 0 Å². The quantitative estimate of drug-likeness (QED) is 0.836. The lowest BCUT2D eigenvalue weighted by Gasteiger charge is -2.23. The van der Waals surface area contributed by atoms with Crippen LogP contribution in [0.2, 0.25) is 0 Å². The van der Waals surface area contributed by atoms with E-state index in [1.165, 1.54) is 0 Å². The summed E-state index contributed by atoms with van der Waals surface area (Å²) in [5.74, 6) is 1.68. The summed E-state index contributed by atoms with van der Waals surface area (Å²) in [5, 5.41) is 13.1. The zero-order valence-corrected chi connectivity index (χ0v) is 10.5. The maximum absolute atomic E-state index is 11.5. The Kier molecular flexibility index (Phi) is 3.00. The highest BCUT2D eigenvalue weighted by Crippen LogP contribution is 2.30. The van der Waals surface area contributed by atoms with Crippen LogP contribution in [0, 0.1) is 19.8 Å². The topological polar surface area (TPSA) is 62.5 Å². The first-order chi connectivity index (χ1) is 7.90. The Hall–Kier alpha value is -1.29. The molecule has 0 radical (unpaired) electrons. The summed E-state index contributed by atoms with van der Waals surface area (Å²) in [6.07, 6.45) is 1.94. The molecule has 0 aromatic carbocycles. The Balaban J connectivity index is 2.02. The van der Waals surface area contributed by atoms with Gasteiger partial charge in [0.25, 0.3) is 0 Å². The van der Waals surface area contributed by atoms with Gasteiger partial charge in [0, 0.05) is 11.5 Å². The van der Waals surface area contributed by atoms with Crippen molar-refractivity contribution in [2.75, 3.05) is 6.54 Å². The van der Waals surface area contributed by atoms with E-state index < -0.39 is 5.60 Å². The number of rotatable bonds is 4. The second kappa shape index (κ2) is 4.18. The highest BCUT2D eigenvalue weighted by atomic mass is 16.3. The van der Waals surface area contributed by atoms with E-state index in [0.29, 0.717) is 5.76 Å². The number of nitrogens with one attached hydrogen (secondary N) is 1. The first-order valence-electron chi connectivity index (χ1n) is 5.98. The van der Waals surface area contributed by atoms with Crippen molar-refractivity contribution < 1.29 is 14.3 Å². The lowest BCUT2D eigenvalue weighted by molar-refractivity contribution is -0.123. The molecule has 1 saturated carbocycles. The maximum atomic E-state index is 11.5. The summed E-state index contributed by atoms with van der Waals surface area (Å²) < 4.78 is 5.39. The Morgan fingerprint density at radius 2 is 2.24 bits per heavy atom. The van der Waals surface area contributed by atoms with E-state index in [1.807, 2.05) is 19.9 Å². The molecule has 0 saturated heterocycles. The number of carbonyl (C=O) groups is 1. The fraction of sp³-hybridized carbons (Fsp3) is 0.615. The third kappa shape index (κ3) is 2.69. The van der Waals surface area contributed by atoms with Crippen LogP contribution in [0.4, 0.5) is 0 Å². The normalized spacial score (nSPS) is 18.8. The van der Waals surface area contributed by atoms with E-state index in [9.17, 15) is 9.90 Å². The molecular formula is C13H19NO3. The zero-order valence-electron chi connectivity index (χ0n) is 10.5. The molecule has 4 nitrogen and oxygen atoms in total. The molecule has 4 heteroatoms. The largest absolute Gasteiger partial charge is 0.466 e. The molecule has 1 atom stereocenters. The fourth-order valence-corrected chi connectivity index (χ4v) is 2.01. The summed E-state index contributed by atoms with van der Waals surface area (Å²) >= 11 is 0. The van der Waals surface area contributed by atoms with E-state index in [-0.39, 0.29) is 18.4 Å². The summed E-state index contributed by atoms with van der Waals surface area (Å²) in [4.78, 5) is 11.5. The van der Waals surface area contributed by atoms with Crippen molar-refractivity contribution in [3.63, 3.8) is 0 Å². The number of furan rings is 1. The molecule has 2 rings (SSSR count). The van der Waals surface area contributed by atoms with Gasteiger partial charge in [-0.1, -0.05) is 0 Å². The Labute approximate surface area is 101 Å². The third-order valence-corrected chi connectivity index (χ3v) is 3.18. The summed E-state index contributed by atoms with van der Waals surface area (Å²) in [6, 6.07) is 1.82. The smallest absolute Gasteiger partial charge is 0.223 e. The van der Waals surface area contributed by atoms with Gasteiger partial charge in [0.15, 0.2) is 0 Å². The van der Waals surface area contributed by atoms with Crippen LogP contribution < -0.4 is 5.32 Å². The number of hydrogen-bond acceptors (Lipinski definition) is 3. The molecule has 2 N–H and O–H groups in total. The molecule has 0 spiro atoms. The predicted octanol–water partition coefficient (Wildman–Crippen LogP) is 1.63. The van der Waals surface area contributed by atoms with Crippen LogP contribution in [0.5, 0.6) is 0 Å². The van der Waals surface area contributed by atoms with Gasteiger partial charge in [0.2, 0.25) is 5.91 Å².